The Morgan fingerprint density at radius 1 is 1.08 bits per heavy atom. The molecule has 0 fully saturated rings. The number of amides is 2. The molecule has 9 heteroatoms. The number of hydrogen-bond donors (Lipinski definition) is 2. The van der Waals surface area contributed by atoms with E-state index >= 15 is 0 Å². The highest BCUT2D eigenvalue weighted by atomic mass is 35.5. The van der Waals surface area contributed by atoms with Gasteiger partial charge in [0.1, 0.15) is 0 Å². The minimum atomic E-state index is -0.402. The third-order valence-electron chi connectivity index (χ3n) is 3.02. The molecule has 0 radical (unpaired) electrons. The van der Waals surface area contributed by atoms with Crippen LogP contribution in [0.2, 0.25) is 10.0 Å². The van der Waals surface area contributed by atoms with Crippen molar-refractivity contribution in [3.63, 3.8) is 0 Å². The van der Waals surface area contributed by atoms with Crippen LogP contribution in [0, 0.1) is 0 Å². The van der Waals surface area contributed by atoms with Gasteiger partial charge >= 0.3 is 6.03 Å². The maximum absolute atomic E-state index is 12.0. The zero-order valence-corrected chi connectivity index (χ0v) is 15.8. The maximum atomic E-state index is 12.0. The number of aromatic nitrogens is 2. The minimum Gasteiger partial charge on any atom is -0.308 e. The fourth-order valence-corrected chi connectivity index (χ4v) is 4.12. The van der Waals surface area contributed by atoms with Crippen LogP contribution in [0.4, 0.5) is 15.6 Å². The first-order valence-electron chi connectivity index (χ1n) is 7.13. The highest BCUT2D eigenvalue weighted by Gasteiger charge is 2.10. The van der Waals surface area contributed by atoms with E-state index in [4.69, 9.17) is 23.2 Å². The third kappa shape index (κ3) is 5.34. The lowest BCUT2D eigenvalue weighted by Gasteiger charge is -2.04. The molecule has 0 saturated carbocycles. The average molecular weight is 411 g/mol. The SMILES string of the molecule is O=C(Nc1cccc(Cl)c1)Nc1nnc(SCc2ccccc2Cl)s1. The molecule has 2 amide bonds. The van der Waals surface area contributed by atoms with Crippen molar-refractivity contribution in [1.82, 2.24) is 10.2 Å². The summed E-state index contributed by atoms with van der Waals surface area (Å²) in [5.74, 6) is 0.684. The van der Waals surface area contributed by atoms with Gasteiger partial charge in [0.25, 0.3) is 0 Å². The third-order valence-corrected chi connectivity index (χ3v) is 5.64. The second-order valence-electron chi connectivity index (χ2n) is 4.84. The lowest BCUT2D eigenvalue weighted by molar-refractivity contribution is 0.262. The fraction of sp³-hybridized carbons (Fsp3) is 0.0625. The number of nitrogens with zero attached hydrogens (tertiary/aromatic N) is 2. The Balaban J connectivity index is 1.54. The van der Waals surface area contributed by atoms with Crippen molar-refractivity contribution < 1.29 is 4.79 Å². The van der Waals surface area contributed by atoms with Gasteiger partial charge in [-0.15, -0.1) is 10.2 Å². The average Bonchev–Trinajstić information content (AvgIpc) is 3.01. The van der Waals surface area contributed by atoms with Crippen molar-refractivity contribution in [3.05, 3.63) is 64.1 Å². The Labute approximate surface area is 162 Å². The summed E-state index contributed by atoms with van der Waals surface area (Å²) in [5, 5.41) is 15.1. The summed E-state index contributed by atoms with van der Waals surface area (Å²) in [6.45, 7) is 0. The van der Waals surface area contributed by atoms with Crippen LogP contribution in [0.15, 0.2) is 52.9 Å². The van der Waals surface area contributed by atoms with Gasteiger partial charge in [0.15, 0.2) is 4.34 Å². The molecule has 25 heavy (non-hydrogen) atoms. The quantitative estimate of drug-likeness (QED) is 0.413. The molecule has 3 rings (SSSR count). The maximum Gasteiger partial charge on any atom is 0.325 e. The Morgan fingerprint density at radius 2 is 1.92 bits per heavy atom. The van der Waals surface area contributed by atoms with Crippen molar-refractivity contribution in [2.75, 3.05) is 10.6 Å². The number of rotatable bonds is 5. The standard InChI is InChI=1S/C16H12Cl2N4OS2/c17-11-5-3-6-12(8-11)19-14(23)20-15-21-22-16(25-15)24-9-10-4-1-2-7-13(10)18/h1-8H,9H2,(H2,19,20,21,23). The van der Waals surface area contributed by atoms with E-state index in [2.05, 4.69) is 20.8 Å². The second kappa shape index (κ2) is 8.53. The zero-order chi connectivity index (χ0) is 17.6. The molecule has 3 aromatic rings. The predicted octanol–water partition coefficient (Wildman–Crippen LogP) is 5.78. The Hall–Kier alpha value is -1.80. The van der Waals surface area contributed by atoms with Crippen LogP contribution >= 0.6 is 46.3 Å². The number of nitrogens with one attached hydrogen (secondary N) is 2. The van der Waals surface area contributed by atoms with Gasteiger partial charge in [-0.05, 0) is 29.8 Å². The number of carbonyl (C=O) groups excluding carboxylic acids is 1. The summed E-state index contributed by atoms with van der Waals surface area (Å²) in [5.41, 5.74) is 1.63. The summed E-state index contributed by atoms with van der Waals surface area (Å²) in [7, 11) is 0. The fourth-order valence-electron chi connectivity index (χ4n) is 1.90. The molecule has 0 bridgehead atoms. The molecule has 5 nitrogen and oxygen atoms in total. The first-order chi connectivity index (χ1) is 12.1. The summed E-state index contributed by atoms with van der Waals surface area (Å²) in [6, 6.07) is 14.1. The number of benzene rings is 2. The largest absolute Gasteiger partial charge is 0.325 e. The smallest absolute Gasteiger partial charge is 0.308 e. The molecular formula is C16H12Cl2N4OS2. The number of thioether (sulfide) groups is 1. The molecule has 0 aliphatic rings. The van der Waals surface area contributed by atoms with E-state index in [0.29, 0.717) is 21.6 Å². The molecule has 2 N–H and O–H groups in total. The van der Waals surface area contributed by atoms with Gasteiger partial charge in [0.2, 0.25) is 5.13 Å². The molecule has 0 aliphatic heterocycles. The topological polar surface area (TPSA) is 66.9 Å². The van der Waals surface area contributed by atoms with Crippen LogP contribution < -0.4 is 10.6 Å². The zero-order valence-electron chi connectivity index (χ0n) is 12.7. The van der Waals surface area contributed by atoms with Crippen LogP contribution in [0.5, 0.6) is 0 Å². The Kier molecular flexibility index (Phi) is 6.14. The van der Waals surface area contributed by atoms with Crippen molar-refractivity contribution in [3.8, 4) is 0 Å². The highest BCUT2D eigenvalue weighted by molar-refractivity contribution is 8.00. The lowest BCUT2D eigenvalue weighted by Crippen LogP contribution is -2.19. The molecule has 1 heterocycles. The second-order valence-corrected chi connectivity index (χ2v) is 7.89. The van der Waals surface area contributed by atoms with E-state index < -0.39 is 6.03 Å². The van der Waals surface area contributed by atoms with Crippen molar-refractivity contribution in [2.24, 2.45) is 0 Å². The molecule has 2 aromatic carbocycles. The molecule has 1 aromatic heterocycles. The number of urea groups is 1. The monoisotopic (exact) mass is 410 g/mol. The highest BCUT2D eigenvalue weighted by Crippen LogP contribution is 2.30. The molecule has 128 valence electrons. The van der Waals surface area contributed by atoms with E-state index in [1.807, 2.05) is 24.3 Å². The summed E-state index contributed by atoms with van der Waals surface area (Å²) in [4.78, 5) is 12.0. The van der Waals surface area contributed by atoms with Gasteiger partial charge in [-0.2, -0.15) is 0 Å². The van der Waals surface area contributed by atoms with Gasteiger partial charge in [-0.1, -0.05) is 70.6 Å². The summed E-state index contributed by atoms with van der Waals surface area (Å²) < 4.78 is 0.748. The van der Waals surface area contributed by atoms with E-state index in [9.17, 15) is 4.79 Å². The minimum absolute atomic E-state index is 0.402. The first-order valence-corrected chi connectivity index (χ1v) is 9.69. The number of anilines is 2. The van der Waals surface area contributed by atoms with Crippen LogP contribution in [0.3, 0.4) is 0 Å². The number of carbonyl (C=O) groups is 1. The van der Waals surface area contributed by atoms with Crippen LogP contribution in [0.1, 0.15) is 5.56 Å². The van der Waals surface area contributed by atoms with E-state index in [1.165, 1.54) is 23.1 Å². The molecule has 0 spiro atoms. The Bertz CT molecular complexity index is 888. The molecule has 0 unspecified atom stereocenters. The molecule has 0 saturated heterocycles. The van der Waals surface area contributed by atoms with E-state index in [1.54, 1.807) is 24.3 Å². The molecule has 0 atom stereocenters. The van der Waals surface area contributed by atoms with Crippen LogP contribution in [-0.4, -0.2) is 16.2 Å². The van der Waals surface area contributed by atoms with Gasteiger partial charge in [-0.25, -0.2) is 4.79 Å². The summed E-state index contributed by atoms with van der Waals surface area (Å²) >= 11 is 14.8. The van der Waals surface area contributed by atoms with Crippen LogP contribution in [-0.2, 0) is 5.75 Å². The predicted molar refractivity (Wildman–Crippen MR) is 105 cm³/mol. The van der Waals surface area contributed by atoms with E-state index in [0.717, 1.165) is 14.9 Å². The van der Waals surface area contributed by atoms with Crippen LogP contribution in [0.25, 0.3) is 0 Å². The lowest BCUT2D eigenvalue weighted by atomic mass is 10.2. The molecule has 0 aliphatic carbocycles. The van der Waals surface area contributed by atoms with Crippen molar-refractivity contribution >= 4 is 63.2 Å². The van der Waals surface area contributed by atoms with Gasteiger partial charge in [0, 0.05) is 21.5 Å². The van der Waals surface area contributed by atoms with Gasteiger partial charge < -0.3 is 5.32 Å². The van der Waals surface area contributed by atoms with Gasteiger partial charge in [-0.3, -0.25) is 5.32 Å². The van der Waals surface area contributed by atoms with E-state index in [-0.39, 0.29) is 0 Å². The first kappa shape index (κ1) is 18.0. The van der Waals surface area contributed by atoms with Gasteiger partial charge in [0.05, 0.1) is 0 Å². The summed E-state index contributed by atoms with van der Waals surface area (Å²) in [6.07, 6.45) is 0. The normalized spacial score (nSPS) is 10.5. The number of halogens is 2. The number of hydrogen-bond acceptors (Lipinski definition) is 5. The van der Waals surface area contributed by atoms with Crippen molar-refractivity contribution in [2.45, 2.75) is 10.1 Å². The van der Waals surface area contributed by atoms with Crippen molar-refractivity contribution in [1.29, 1.82) is 0 Å². The molecular weight excluding hydrogens is 399 g/mol. The Morgan fingerprint density at radius 3 is 2.72 bits per heavy atom.